The number of hydrogen-bond donors (Lipinski definition) is 0. The van der Waals surface area contributed by atoms with Crippen molar-refractivity contribution in [3.05, 3.63) is 84.3 Å². The van der Waals surface area contributed by atoms with Crippen molar-refractivity contribution in [3.63, 3.8) is 0 Å². The molecule has 4 rings (SSSR count). The topological polar surface area (TPSA) is 51.6 Å². The molecule has 0 atom stereocenters. The quantitative estimate of drug-likeness (QED) is 0.534. The molecule has 126 valence electrons. The molecule has 0 amide bonds. The predicted molar refractivity (Wildman–Crippen MR) is 103 cm³/mol. The standard InChI is InChI=1S/C22H18N4/c1-15-13-23-22(18-11-7-4-8-12-18)26-20(15)19-14-24-21(25-16(19)2)17-9-5-3-6-10-17/h3-14H,1-2H3. The molecular formula is C22H18N4. The molecule has 4 aromatic rings. The lowest BCUT2D eigenvalue weighted by atomic mass is 10.1. The Balaban J connectivity index is 1.78. The number of aryl methyl sites for hydroxylation is 2. The second-order valence-electron chi connectivity index (χ2n) is 6.15. The summed E-state index contributed by atoms with van der Waals surface area (Å²) >= 11 is 0. The number of nitrogens with zero attached hydrogens (tertiary/aromatic N) is 4. The molecule has 26 heavy (non-hydrogen) atoms. The summed E-state index contributed by atoms with van der Waals surface area (Å²) in [6.07, 6.45) is 3.71. The Morgan fingerprint density at radius 2 is 1.15 bits per heavy atom. The van der Waals surface area contributed by atoms with Crippen LogP contribution in [0.1, 0.15) is 11.3 Å². The summed E-state index contributed by atoms with van der Waals surface area (Å²) in [5.74, 6) is 1.43. The van der Waals surface area contributed by atoms with Gasteiger partial charge in [-0.2, -0.15) is 0 Å². The molecule has 0 aliphatic rings. The molecule has 4 heteroatoms. The van der Waals surface area contributed by atoms with Gasteiger partial charge >= 0.3 is 0 Å². The van der Waals surface area contributed by atoms with Crippen LogP contribution in [0, 0.1) is 13.8 Å². The molecule has 2 heterocycles. The van der Waals surface area contributed by atoms with Crippen LogP contribution in [0.4, 0.5) is 0 Å². The Bertz CT molecular complexity index is 1040. The van der Waals surface area contributed by atoms with Gasteiger partial charge in [-0.1, -0.05) is 60.7 Å². The van der Waals surface area contributed by atoms with Crippen LogP contribution in [0.15, 0.2) is 73.1 Å². The van der Waals surface area contributed by atoms with Gasteiger partial charge in [0.1, 0.15) is 0 Å². The summed E-state index contributed by atoms with van der Waals surface area (Å²) in [6.45, 7) is 4.00. The van der Waals surface area contributed by atoms with Crippen molar-refractivity contribution in [3.8, 4) is 34.0 Å². The van der Waals surface area contributed by atoms with Crippen molar-refractivity contribution in [2.75, 3.05) is 0 Å². The van der Waals surface area contributed by atoms with E-state index in [0.717, 1.165) is 39.5 Å². The van der Waals surface area contributed by atoms with Crippen LogP contribution in [0.25, 0.3) is 34.0 Å². The summed E-state index contributed by atoms with van der Waals surface area (Å²) in [4.78, 5) is 18.5. The van der Waals surface area contributed by atoms with Crippen molar-refractivity contribution in [2.24, 2.45) is 0 Å². The summed E-state index contributed by atoms with van der Waals surface area (Å²) in [6, 6.07) is 20.0. The van der Waals surface area contributed by atoms with Crippen LogP contribution in [-0.2, 0) is 0 Å². The molecule has 0 bridgehead atoms. The second-order valence-corrected chi connectivity index (χ2v) is 6.15. The van der Waals surface area contributed by atoms with Crippen molar-refractivity contribution in [2.45, 2.75) is 13.8 Å². The highest BCUT2D eigenvalue weighted by Gasteiger charge is 2.13. The van der Waals surface area contributed by atoms with Gasteiger partial charge in [0.25, 0.3) is 0 Å². The molecular weight excluding hydrogens is 320 g/mol. The van der Waals surface area contributed by atoms with E-state index in [-0.39, 0.29) is 0 Å². The first-order chi connectivity index (χ1) is 12.7. The maximum absolute atomic E-state index is 4.78. The molecule has 0 aliphatic carbocycles. The third-order valence-corrected chi connectivity index (χ3v) is 4.27. The molecule has 0 aliphatic heterocycles. The lowest BCUT2D eigenvalue weighted by molar-refractivity contribution is 1.08. The molecule has 0 spiro atoms. The highest BCUT2D eigenvalue weighted by atomic mass is 14.9. The normalized spacial score (nSPS) is 10.7. The minimum atomic E-state index is 0.706. The fraction of sp³-hybridized carbons (Fsp3) is 0.0909. The molecule has 0 saturated heterocycles. The Morgan fingerprint density at radius 1 is 0.615 bits per heavy atom. The third kappa shape index (κ3) is 3.09. The molecule has 2 aromatic heterocycles. The molecule has 4 nitrogen and oxygen atoms in total. The smallest absolute Gasteiger partial charge is 0.159 e. The SMILES string of the molecule is Cc1cnc(-c2ccccc2)nc1-c1cnc(-c2ccccc2)nc1C. The van der Waals surface area contributed by atoms with Gasteiger partial charge in [-0.25, -0.2) is 19.9 Å². The van der Waals surface area contributed by atoms with Crippen molar-refractivity contribution in [1.82, 2.24) is 19.9 Å². The van der Waals surface area contributed by atoms with E-state index in [0.29, 0.717) is 5.82 Å². The van der Waals surface area contributed by atoms with Crippen molar-refractivity contribution < 1.29 is 0 Å². The van der Waals surface area contributed by atoms with E-state index < -0.39 is 0 Å². The van der Waals surface area contributed by atoms with Gasteiger partial charge in [0.2, 0.25) is 0 Å². The van der Waals surface area contributed by atoms with E-state index in [1.165, 1.54) is 0 Å². The third-order valence-electron chi connectivity index (χ3n) is 4.27. The first kappa shape index (κ1) is 16.1. The highest BCUT2D eigenvalue weighted by molar-refractivity contribution is 5.68. The van der Waals surface area contributed by atoms with Gasteiger partial charge in [0.05, 0.1) is 11.4 Å². The fourth-order valence-electron chi connectivity index (χ4n) is 2.87. The van der Waals surface area contributed by atoms with E-state index in [4.69, 9.17) is 9.97 Å². The van der Waals surface area contributed by atoms with Crippen LogP contribution >= 0.6 is 0 Å². The van der Waals surface area contributed by atoms with E-state index in [2.05, 4.69) is 9.97 Å². The molecule has 0 saturated carbocycles. The van der Waals surface area contributed by atoms with Gasteiger partial charge in [0, 0.05) is 29.1 Å². The van der Waals surface area contributed by atoms with Crippen molar-refractivity contribution >= 4 is 0 Å². The summed E-state index contributed by atoms with van der Waals surface area (Å²) in [5.41, 5.74) is 5.71. The van der Waals surface area contributed by atoms with E-state index in [9.17, 15) is 0 Å². The maximum Gasteiger partial charge on any atom is 0.159 e. The monoisotopic (exact) mass is 338 g/mol. The zero-order chi connectivity index (χ0) is 17.9. The fourth-order valence-corrected chi connectivity index (χ4v) is 2.87. The van der Waals surface area contributed by atoms with Gasteiger partial charge < -0.3 is 0 Å². The Kier molecular flexibility index (Phi) is 4.23. The maximum atomic E-state index is 4.78. The number of rotatable bonds is 3. The van der Waals surface area contributed by atoms with E-state index >= 15 is 0 Å². The Hall–Kier alpha value is -3.40. The number of hydrogen-bond acceptors (Lipinski definition) is 4. The van der Waals surface area contributed by atoms with Crippen LogP contribution in [0.3, 0.4) is 0 Å². The molecule has 0 fully saturated rings. The second kappa shape index (κ2) is 6.84. The molecule has 0 radical (unpaired) electrons. The lowest BCUT2D eigenvalue weighted by Crippen LogP contribution is -2.00. The molecule has 0 unspecified atom stereocenters. The summed E-state index contributed by atoms with van der Waals surface area (Å²) in [5, 5.41) is 0. The van der Waals surface area contributed by atoms with Gasteiger partial charge in [0.15, 0.2) is 11.6 Å². The average molecular weight is 338 g/mol. The van der Waals surface area contributed by atoms with Crippen LogP contribution < -0.4 is 0 Å². The predicted octanol–water partition coefficient (Wildman–Crippen LogP) is 4.88. The first-order valence-corrected chi connectivity index (χ1v) is 8.51. The molecule has 2 aromatic carbocycles. The Labute approximate surface area is 152 Å². The summed E-state index contributed by atoms with van der Waals surface area (Å²) in [7, 11) is 0. The summed E-state index contributed by atoms with van der Waals surface area (Å²) < 4.78 is 0. The van der Waals surface area contributed by atoms with Crippen molar-refractivity contribution in [1.29, 1.82) is 0 Å². The van der Waals surface area contributed by atoms with Crippen LogP contribution in [0.2, 0.25) is 0 Å². The van der Waals surface area contributed by atoms with E-state index in [1.807, 2.05) is 86.9 Å². The van der Waals surface area contributed by atoms with E-state index in [1.54, 1.807) is 0 Å². The zero-order valence-corrected chi connectivity index (χ0v) is 14.7. The number of benzene rings is 2. The Morgan fingerprint density at radius 3 is 1.73 bits per heavy atom. The van der Waals surface area contributed by atoms with Gasteiger partial charge in [-0.05, 0) is 19.4 Å². The zero-order valence-electron chi connectivity index (χ0n) is 14.7. The average Bonchev–Trinajstić information content (AvgIpc) is 2.70. The first-order valence-electron chi connectivity index (χ1n) is 8.51. The molecule has 0 N–H and O–H groups in total. The minimum absolute atomic E-state index is 0.706. The minimum Gasteiger partial charge on any atom is -0.236 e. The number of aromatic nitrogens is 4. The highest BCUT2D eigenvalue weighted by Crippen LogP contribution is 2.27. The largest absolute Gasteiger partial charge is 0.236 e. The van der Waals surface area contributed by atoms with Gasteiger partial charge in [-0.3, -0.25) is 0 Å². The lowest BCUT2D eigenvalue weighted by Gasteiger charge is -2.10. The van der Waals surface area contributed by atoms with Crippen LogP contribution in [-0.4, -0.2) is 19.9 Å². The van der Waals surface area contributed by atoms with Crippen LogP contribution in [0.5, 0.6) is 0 Å². The van der Waals surface area contributed by atoms with Gasteiger partial charge in [-0.15, -0.1) is 0 Å².